The van der Waals surface area contributed by atoms with Crippen molar-refractivity contribution in [3.63, 3.8) is 0 Å². The predicted octanol–water partition coefficient (Wildman–Crippen LogP) is 4.07. The van der Waals surface area contributed by atoms with Gasteiger partial charge >= 0.3 is 0 Å². The molecule has 1 fully saturated rings. The summed E-state index contributed by atoms with van der Waals surface area (Å²) in [7, 11) is 0. The van der Waals surface area contributed by atoms with E-state index in [0.29, 0.717) is 5.41 Å². The maximum atomic E-state index is 10.9. The summed E-state index contributed by atoms with van der Waals surface area (Å²) in [6.45, 7) is 11.3. The molecule has 0 radical (unpaired) electrons. The van der Waals surface area contributed by atoms with Gasteiger partial charge in [-0.2, -0.15) is 0 Å². The van der Waals surface area contributed by atoms with Gasteiger partial charge in [0.25, 0.3) is 0 Å². The fourth-order valence-electron chi connectivity index (χ4n) is 2.99. The first kappa shape index (κ1) is 14.1. The molecule has 0 unspecified atom stereocenters. The van der Waals surface area contributed by atoms with Crippen LogP contribution in [0.1, 0.15) is 49.5 Å². The fraction of sp³-hybridized carbons (Fsp3) is 0.588. The Kier molecular flexibility index (Phi) is 3.98. The van der Waals surface area contributed by atoms with Crippen LogP contribution in [0, 0.1) is 18.3 Å². The van der Waals surface area contributed by atoms with Crippen LogP contribution < -0.4 is 4.90 Å². The number of benzene rings is 1. The molecule has 0 atom stereocenters. The van der Waals surface area contributed by atoms with Crippen LogP contribution in [0.3, 0.4) is 0 Å². The van der Waals surface area contributed by atoms with Gasteiger partial charge < -0.3 is 4.90 Å². The van der Waals surface area contributed by atoms with Crippen LogP contribution in [0.15, 0.2) is 18.2 Å². The lowest BCUT2D eigenvalue weighted by Crippen LogP contribution is -2.38. The standard InChI is InChI=1S/C17H25NO/c1-13-11-16(6-5-14(13)12-19)18-9-7-15(8-10-18)17(2,3)4/h5-6,11-12,15H,7-10H2,1-4H3. The highest BCUT2D eigenvalue weighted by molar-refractivity contribution is 5.78. The number of carbonyl (C=O) groups is 1. The van der Waals surface area contributed by atoms with Gasteiger partial charge in [0.1, 0.15) is 6.29 Å². The number of hydrogen-bond acceptors (Lipinski definition) is 2. The van der Waals surface area contributed by atoms with E-state index >= 15 is 0 Å². The van der Waals surface area contributed by atoms with Crippen molar-refractivity contribution in [1.29, 1.82) is 0 Å². The lowest BCUT2D eigenvalue weighted by molar-refractivity contribution is 0.112. The number of aldehydes is 1. The first-order valence-corrected chi connectivity index (χ1v) is 7.22. The molecule has 1 aliphatic rings. The van der Waals surface area contributed by atoms with Crippen molar-refractivity contribution in [1.82, 2.24) is 0 Å². The average Bonchev–Trinajstić information content (AvgIpc) is 2.38. The molecule has 1 aromatic rings. The lowest BCUT2D eigenvalue weighted by Gasteiger charge is -2.39. The molecule has 2 nitrogen and oxygen atoms in total. The van der Waals surface area contributed by atoms with Crippen LogP contribution in [-0.2, 0) is 0 Å². The molecule has 104 valence electrons. The molecule has 0 aliphatic carbocycles. The smallest absolute Gasteiger partial charge is 0.150 e. The van der Waals surface area contributed by atoms with E-state index in [9.17, 15) is 4.79 Å². The molecule has 1 aliphatic heterocycles. The minimum absolute atomic E-state index is 0.420. The Bertz CT molecular complexity index is 451. The van der Waals surface area contributed by atoms with Crippen molar-refractivity contribution in [2.75, 3.05) is 18.0 Å². The maximum Gasteiger partial charge on any atom is 0.150 e. The van der Waals surface area contributed by atoms with Crippen molar-refractivity contribution in [3.05, 3.63) is 29.3 Å². The molecule has 1 saturated heterocycles. The monoisotopic (exact) mass is 259 g/mol. The summed E-state index contributed by atoms with van der Waals surface area (Å²) in [5.74, 6) is 0.819. The number of piperidine rings is 1. The molecule has 0 bridgehead atoms. The quantitative estimate of drug-likeness (QED) is 0.746. The molecule has 0 aromatic heterocycles. The highest BCUT2D eigenvalue weighted by atomic mass is 16.1. The van der Waals surface area contributed by atoms with E-state index in [-0.39, 0.29) is 0 Å². The second-order valence-corrected chi connectivity index (χ2v) is 6.79. The van der Waals surface area contributed by atoms with Crippen LogP contribution in [0.2, 0.25) is 0 Å². The molecule has 1 aromatic carbocycles. The zero-order valence-electron chi connectivity index (χ0n) is 12.6. The molecular formula is C17H25NO. The highest BCUT2D eigenvalue weighted by Gasteiger charge is 2.28. The Labute approximate surface area is 116 Å². The van der Waals surface area contributed by atoms with E-state index in [1.54, 1.807) is 0 Å². The number of anilines is 1. The van der Waals surface area contributed by atoms with Gasteiger partial charge in [0.05, 0.1) is 0 Å². The largest absolute Gasteiger partial charge is 0.372 e. The molecule has 0 saturated carbocycles. The Balaban J connectivity index is 2.06. The molecule has 2 rings (SSSR count). The van der Waals surface area contributed by atoms with Crippen LogP contribution in [0.5, 0.6) is 0 Å². The van der Waals surface area contributed by atoms with Crippen LogP contribution >= 0.6 is 0 Å². The van der Waals surface area contributed by atoms with Crippen molar-refractivity contribution < 1.29 is 4.79 Å². The van der Waals surface area contributed by atoms with Gasteiger partial charge in [0.2, 0.25) is 0 Å². The number of aryl methyl sites for hydroxylation is 1. The summed E-state index contributed by atoms with van der Waals surface area (Å²) in [6.07, 6.45) is 3.46. The molecule has 0 amide bonds. The molecular weight excluding hydrogens is 234 g/mol. The molecule has 1 heterocycles. The van der Waals surface area contributed by atoms with Gasteiger partial charge in [-0.05, 0) is 54.9 Å². The number of hydrogen-bond donors (Lipinski definition) is 0. The minimum Gasteiger partial charge on any atom is -0.372 e. The summed E-state index contributed by atoms with van der Waals surface area (Å²) < 4.78 is 0. The maximum absolute atomic E-state index is 10.9. The van der Waals surface area contributed by atoms with E-state index < -0.39 is 0 Å². The number of nitrogens with zero attached hydrogens (tertiary/aromatic N) is 1. The SMILES string of the molecule is Cc1cc(N2CCC(C(C)(C)C)CC2)ccc1C=O. The fourth-order valence-corrected chi connectivity index (χ4v) is 2.99. The van der Waals surface area contributed by atoms with Gasteiger partial charge in [-0.3, -0.25) is 4.79 Å². The first-order chi connectivity index (χ1) is 8.91. The number of rotatable bonds is 2. The van der Waals surface area contributed by atoms with E-state index in [4.69, 9.17) is 0 Å². The van der Waals surface area contributed by atoms with Gasteiger partial charge in [-0.25, -0.2) is 0 Å². The Morgan fingerprint density at radius 2 is 1.84 bits per heavy atom. The van der Waals surface area contributed by atoms with E-state index in [1.807, 2.05) is 13.0 Å². The van der Waals surface area contributed by atoms with Gasteiger partial charge in [-0.1, -0.05) is 20.8 Å². The summed E-state index contributed by atoms with van der Waals surface area (Å²) in [5.41, 5.74) is 3.55. The van der Waals surface area contributed by atoms with E-state index in [1.165, 1.54) is 18.5 Å². The van der Waals surface area contributed by atoms with Crippen molar-refractivity contribution in [3.8, 4) is 0 Å². The average molecular weight is 259 g/mol. The third-order valence-corrected chi connectivity index (χ3v) is 4.47. The predicted molar refractivity (Wildman–Crippen MR) is 81.0 cm³/mol. The van der Waals surface area contributed by atoms with Crippen LogP contribution in [-0.4, -0.2) is 19.4 Å². The molecule has 0 spiro atoms. The second-order valence-electron chi connectivity index (χ2n) is 6.79. The Morgan fingerprint density at radius 3 is 2.32 bits per heavy atom. The zero-order chi connectivity index (χ0) is 14.0. The third-order valence-electron chi connectivity index (χ3n) is 4.47. The lowest BCUT2D eigenvalue weighted by atomic mass is 9.75. The first-order valence-electron chi connectivity index (χ1n) is 7.22. The summed E-state index contributed by atoms with van der Waals surface area (Å²) >= 11 is 0. The highest BCUT2D eigenvalue weighted by Crippen LogP contribution is 2.35. The van der Waals surface area contributed by atoms with E-state index in [0.717, 1.165) is 36.4 Å². The van der Waals surface area contributed by atoms with Crippen LogP contribution in [0.25, 0.3) is 0 Å². The molecule has 19 heavy (non-hydrogen) atoms. The van der Waals surface area contributed by atoms with Gasteiger partial charge in [0, 0.05) is 24.3 Å². The number of carbonyl (C=O) groups excluding carboxylic acids is 1. The Hall–Kier alpha value is -1.31. The summed E-state index contributed by atoms with van der Waals surface area (Å²) in [6, 6.07) is 6.16. The third kappa shape index (κ3) is 3.17. The van der Waals surface area contributed by atoms with Crippen molar-refractivity contribution in [2.24, 2.45) is 11.3 Å². The van der Waals surface area contributed by atoms with Gasteiger partial charge in [0.15, 0.2) is 0 Å². The molecule has 2 heteroatoms. The van der Waals surface area contributed by atoms with Crippen molar-refractivity contribution >= 4 is 12.0 Å². The zero-order valence-corrected chi connectivity index (χ0v) is 12.6. The second kappa shape index (κ2) is 5.36. The topological polar surface area (TPSA) is 20.3 Å². The van der Waals surface area contributed by atoms with Crippen LogP contribution in [0.4, 0.5) is 5.69 Å². The van der Waals surface area contributed by atoms with Gasteiger partial charge in [-0.15, -0.1) is 0 Å². The van der Waals surface area contributed by atoms with Crippen molar-refractivity contribution in [2.45, 2.75) is 40.5 Å². The minimum atomic E-state index is 0.420. The summed E-state index contributed by atoms with van der Waals surface area (Å²) in [5, 5.41) is 0. The molecule has 0 N–H and O–H groups in total. The summed E-state index contributed by atoms with van der Waals surface area (Å²) in [4.78, 5) is 13.3. The Morgan fingerprint density at radius 1 is 1.21 bits per heavy atom. The normalized spacial score (nSPS) is 17.6. The van der Waals surface area contributed by atoms with E-state index in [2.05, 4.69) is 37.8 Å².